The van der Waals surface area contributed by atoms with Crippen LogP contribution in [0.15, 0.2) is 18.2 Å². The van der Waals surface area contributed by atoms with Gasteiger partial charge in [0.2, 0.25) is 0 Å². The van der Waals surface area contributed by atoms with Crippen LogP contribution in [0.5, 0.6) is 5.75 Å². The summed E-state index contributed by atoms with van der Waals surface area (Å²) < 4.78 is 5.16. The second-order valence-electron chi connectivity index (χ2n) is 5.65. The highest BCUT2D eigenvalue weighted by molar-refractivity contribution is 5.45. The molecule has 0 unspecified atom stereocenters. The van der Waals surface area contributed by atoms with E-state index in [0.717, 1.165) is 24.6 Å². The van der Waals surface area contributed by atoms with E-state index in [-0.39, 0.29) is 0 Å². The minimum absolute atomic E-state index is 0.605. The van der Waals surface area contributed by atoms with E-state index in [1.165, 1.54) is 32.5 Å². The molecule has 1 aromatic carbocycles. The van der Waals surface area contributed by atoms with Crippen molar-refractivity contribution in [1.82, 2.24) is 10.2 Å². The number of ether oxygens (including phenoxy) is 1. The Morgan fingerprint density at radius 1 is 1.38 bits per heavy atom. The van der Waals surface area contributed by atoms with Gasteiger partial charge in [-0.25, -0.2) is 0 Å². The van der Waals surface area contributed by atoms with Crippen molar-refractivity contribution in [3.05, 3.63) is 29.3 Å². The van der Waals surface area contributed by atoms with Crippen LogP contribution in [0, 0.1) is 17.2 Å². The number of nitriles is 1. The zero-order valence-corrected chi connectivity index (χ0v) is 13.1. The molecular weight excluding hydrogens is 262 g/mol. The van der Waals surface area contributed by atoms with Crippen molar-refractivity contribution in [2.75, 3.05) is 33.3 Å². The van der Waals surface area contributed by atoms with Crippen molar-refractivity contribution in [3.8, 4) is 11.8 Å². The first-order chi connectivity index (χ1) is 10.3. The molecule has 2 rings (SSSR count). The van der Waals surface area contributed by atoms with Crippen LogP contribution in [-0.2, 0) is 6.54 Å². The Bertz CT molecular complexity index is 487. The molecule has 0 spiro atoms. The molecule has 1 aromatic rings. The van der Waals surface area contributed by atoms with Crippen LogP contribution in [-0.4, -0.2) is 38.2 Å². The summed E-state index contributed by atoms with van der Waals surface area (Å²) in [5.41, 5.74) is 1.74. The number of piperidine rings is 1. The van der Waals surface area contributed by atoms with Gasteiger partial charge in [0.1, 0.15) is 11.8 Å². The predicted molar refractivity (Wildman–Crippen MR) is 84.3 cm³/mol. The van der Waals surface area contributed by atoms with Gasteiger partial charge in [0.15, 0.2) is 0 Å². The summed E-state index contributed by atoms with van der Waals surface area (Å²) in [6.45, 7) is 7.73. The Kier molecular flexibility index (Phi) is 6.04. The number of hydrogen-bond acceptors (Lipinski definition) is 4. The molecule has 0 amide bonds. The van der Waals surface area contributed by atoms with Crippen LogP contribution in [0.4, 0.5) is 0 Å². The minimum atomic E-state index is 0.605. The van der Waals surface area contributed by atoms with Gasteiger partial charge >= 0.3 is 0 Å². The quantitative estimate of drug-likeness (QED) is 0.873. The molecule has 4 nitrogen and oxygen atoms in total. The SMILES string of the molecule is CCN1CCC(CNCc2ccc(OC)c(C#N)c2)CC1. The zero-order chi connectivity index (χ0) is 15.1. The largest absolute Gasteiger partial charge is 0.495 e. The molecule has 0 aliphatic carbocycles. The van der Waals surface area contributed by atoms with E-state index in [4.69, 9.17) is 10.00 Å². The van der Waals surface area contributed by atoms with Gasteiger partial charge in [-0.1, -0.05) is 13.0 Å². The number of methoxy groups -OCH3 is 1. The van der Waals surface area contributed by atoms with Gasteiger partial charge < -0.3 is 15.0 Å². The van der Waals surface area contributed by atoms with Gasteiger partial charge in [-0.05, 0) is 62.6 Å². The van der Waals surface area contributed by atoms with Crippen LogP contribution >= 0.6 is 0 Å². The van der Waals surface area contributed by atoms with Gasteiger partial charge in [-0.3, -0.25) is 0 Å². The summed E-state index contributed by atoms with van der Waals surface area (Å²) in [6.07, 6.45) is 2.57. The molecule has 1 saturated heterocycles. The molecule has 1 heterocycles. The summed E-state index contributed by atoms with van der Waals surface area (Å²) in [4.78, 5) is 2.51. The van der Waals surface area contributed by atoms with Gasteiger partial charge in [0, 0.05) is 6.54 Å². The number of rotatable bonds is 6. The zero-order valence-electron chi connectivity index (χ0n) is 13.1. The van der Waals surface area contributed by atoms with Crippen molar-refractivity contribution in [2.45, 2.75) is 26.3 Å². The smallest absolute Gasteiger partial charge is 0.136 e. The van der Waals surface area contributed by atoms with Crippen LogP contribution in [0.25, 0.3) is 0 Å². The molecule has 0 bridgehead atoms. The van der Waals surface area contributed by atoms with E-state index in [2.05, 4.69) is 23.2 Å². The molecule has 0 aromatic heterocycles. The maximum absolute atomic E-state index is 9.10. The third-order valence-electron chi connectivity index (χ3n) is 4.30. The fourth-order valence-electron chi connectivity index (χ4n) is 2.88. The molecule has 4 heteroatoms. The number of likely N-dealkylation sites (tertiary alicyclic amines) is 1. The first kappa shape index (κ1) is 15.8. The monoisotopic (exact) mass is 287 g/mol. The molecular formula is C17H25N3O. The molecule has 1 fully saturated rings. The van der Waals surface area contributed by atoms with Crippen molar-refractivity contribution >= 4 is 0 Å². The average molecular weight is 287 g/mol. The lowest BCUT2D eigenvalue weighted by atomic mass is 9.97. The molecule has 1 aliphatic rings. The highest BCUT2D eigenvalue weighted by Crippen LogP contribution is 2.19. The van der Waals surface area contributed by atoms with Gasteiger partial charge in [-0.15, -0.1) is 0 Å². The number of benzene rings is 1. The standard InChI is InChI=1S/C17H25N3O/c1-3-20-8-6-14(7-9-20)12-19-13-15-4-5-17(21-2)16(10-15)11-18/h4-5,10,14,19H,3,6-9,12-13H2,1-2H3. The third kappa shape index (κ3) is 4.45. The topological polar surface area (TPSA) is 48.3 Å². The highest BCUT2D eigenvalue weighted by Gasteiger charge is 2.17. The molecule has 0 radical (unpaired) electrons. The van der Waals surface area contributed by atoms with Crippen molar-refractivity contribution < 1.29 is 4.74 Å². The molecule has 21 heavy (non-hydrogen) atoms. The number of hydrogen-bond donors (Lipinski definition) is 1. The van der Waals surface area contributed by atoms with Crippen LogP contribution in [0.1, 0.15) is 30.9 Å². The molecule has 1 aliphatic heterocycles. The van der Waals surface area contributed by atoms with E-state index in [1.54, 1.807) is 7.11 Å². The maximum atomic E-state index is 9.10. The van der Waals surface area contributed by atoms with Gasteiger partial charge in [-0.2, -0.15) is 5.26 Å². The van der Waals surface area contributed by atoms with E-state index >= 15 is 0 Å². The summed E-state index contributed by atoms with van der Waals surface area (Å²) >= 11 is 0. The van der Waals surface area contributed by atoms with Gasteiger partial charge in [0.05, 0.1) is 12.7 Å². The Morgan fingerprint density at radius 3 is 2.76 bits per heavy atom. The fourth-order valence-corrected chi connectivity index (χ4v) is 2.88. The van der Waals surface area contributed by atoms with E-state index in [9.17, 15) is 0 Å². The van der Waals surface area contributed by atoms with Crippen molar-refractivity contribution in [1.29, 1.82) is 5.26 Å². The van der Waals surface area contributed by atoms with E-state index in [0.29, 0.717) is 11.3 Å². The van der Waals surface area contributed by atoms with E-state index in [1.807, 2.05) is 18.2 Å². The van der Waals surface area contributed by atoms with E-state index < -0.39 is 0 Å². The first-order valence-corrected chi connectivity index (χ1v) is 7.77. The summed E-state index contributed by atoms with van der Waals surface area (Å²) in [5.74, 6) is 1.43. The molecule has 114 valence electrons. The number of nitrogens with zero attached hydrogens (tertiary/aromatic N) is 2. The first-order valence-electron chi connectivity index (χ1n) is 7.77. The van der Waals surface area contributed by atoms with Crippen LogP contribution in [0.3, 0.4) is 0 Å². The van der Waals surface area contributed by atoms with Crippen LogP contribution < -0.4 is 10.1 Å². The Morgan fingerprint density at radius 2 is 2.14 bits per heavy atom. The van der Waals surface area contributed by atoms with Gasteiger partial charge in [0.25, 0.3) is 0 Å². The Hall–Kier alpha value is -1.57. The minimum Gasteiger partial charge on any atom is -0.495 e. The average Bonchev–Trinajstić information content (AvgIpc) is 2.55. The summed E-state index contributed by atoms with van der Waals surface area (Å²) in [6, 6.07) is 7.98. The predicted octanol–water partition coefficient (Wildman–Crippen LogP) is 2.39. The van der Waals surface area contributed by atoms with Crippen molar-refractivity contribution in [2.24, 2.45) is 5.92 Å². The van der Waals surface area contributed by atoms with Crippen molar-refractivity contribution in [3.63, 3.8) is 0 Å². The lowest BCUT2D eigenvalue weighted by molar-refractivity contribution is 0.190. The molecule has 0 saturated carbocycles. The number of nitrogens with one attached hydrogen (secondary N) is 1. The Labute approximate surface area is 127 Å². The summed E-state index contributed by atoms with van der Waals surface area (Å²) in [7, 11) is 1.59. The normalized spacial score (nSPS) is 16.6. The Balaban J connectivity index is 1.78. The third-order valence-corrected chi connectivity index (χ3v) is 4.30. The fraction of sp³-hybridized carbons (Fsp3) is 0.588. The summed E-state index contributed by atoms with van der Waals surface area (Å²) in [5, 5.41) is 12.6. The second-order valence-corrected chi connectivity index (χ2v) is 5.65. The second kappa shape index (κ2) is 8.02. The lowest BCUT2D eigenvalue weighted by Gasteiger charge is -2.31. The molecule has 1 N–H and O–H groups in total. The maximum Gasteiger partial charge on any atom is 0.136 e. The lowest BCUT2D eigenvalue weighted by Crippen LogP contribution is -2.36. The molecule has 0 atom stereocenters. The van der Waals surface area contributed by atoms with Crippen LogP contribution in [0.2, 0.25) is 0 Å². The highest BCUT2D eigenvalue weighted by atomic mass is 16.5.